The van der Waals surface area contributed by atoms with Crippen LogP contribution in [0.15, 0.2) is 24.3 Å². The van der Waals surface area contributed by atoms with Gasteiger partial charge in [-0.2, -0.15) is 0 Å². The summed E-state index contributed by atoms with van der Waals surface area (Å²) in [4.78, 5) is 19.9. The Morgan fingerprint density at radius 2 is 1.75 bits per heavy atom. The van der Waals surface area contributed by atoms with Gasteiger partial charge in [0.15, 0.2) is 6.29 Å². The normalized spacial score (nSPS) is 9.94. The van der Waals surface area contributed by atoms with E-state index in [0.29, 0.717) is 0 Å². The smallest absolute Gasteiger partial charge is 0.252 e. The second-order valence-corrected chi connectivity index (χ2v) is 4.91. The molecule has 0 saturated heterocycles. The van der Waals surface area contributed by atoms with Crippen LogP contribution in [0.2, 0.25) is 0 Å². The molecule has 0 unspecified atom stereocenters. The number of alkyl halides is 3. The van der Waals surface area contributed by atoms with E-state index in [-0.39, 0.29) is 17.6 Å². The highest BCUT2D eigenvalue weighted by Gasteiger charge is 2.16. The summed E-state index contributed by atoms with van der Waals surface area (Å²) in [7, 11) is 0. The summed E-state index contributed by atoms with van der Waals surface area (Å²) in [5, 5.41) is 8.98. The quantitative estimate of drug-likeness (QED) is 0.612. The summed E-state index contributed by atoms with van der Waals surface area (Å²) < 4.78 is -1.72. The van der Waals surface area contributed by atoms with Crippen LogP contribution in [0.1, 0.15) is 10.4 Å². The summed E-state index contributed by atoms with van der Waals surface area (Å²) in [6.07, 6.45) is 0.234. The van der Waals surface area contributed by atoms with Crippen LogP contribution in [0.3, 0.4) is 0 Å². The minimum absolute atomic E-state index is 0.0741. The van der Waals surface area contributed by atoms with Crippen molar-refractivity contribution >= 4 is 47.0 Å². The number of nitrogens with two attached hydrogens (primary N) is 1. The fourth-order valence-corrected chi connectivity index (χ4v) is 0.682. The van der Waals surface area contributed by atoms with Crippen LogP contribution in [-0.4, -0.2) is 21.1 Å². The van der Waals surface area contributed by atoms with Crippen LogP contribution in [0.5, 0.6) is 5.75 Å². The van der Waals surface area contributed by atoms with Crippen molar-refractivity contribution in [2.45, 2.75) is 3.79 Å². The predicted octanol–water partition coefficient (Wildman–Crippen LogP) is 2.05. The first-order valence-electron chi connectivity index (χ1n) is 3.89. The molecule has 0 fully saturated rings. The van der Waals surface area contributed by atoms with Crippen molar-refractivity contribution < 1.29 is 14.7 Å². The molecule has 0 radical (unpaired) electrons. The average Bonchev–Trinajstić information content (AvgIpc) is 2.18. The lowest BCUT2D eigenvalue weighted by Gasteiger charge is -1.96. The Balaban J connectivity index is 0.000000325. The van der Waals surface area contributed by atoms with E-state index in [2.05, 4.69) is 0 Å². The molecule has 0 spiro atoms. The van der Waals surface area contributed by atoms with Crippen LogP contribution < -0.4 is 5.73 Å². The van der Waals surface area contributed by atoms with Gasteiger partial charge in [0.05, 0.1) is 5.56 Å². The van der Waals surface area contributed by atoms with E-state index in [4.69, 9.17) is 45.6 Å². The number of carbonyl (C=O) groups excluding carboxylic acids is 2. The Labute approximate surface area is 107 Å². The molecule has 0 heterocycles. The Kier molecular flexibility index (Phi) is 6.18. The highest BCUT2D eigenvalue weighted by atomic mass is 35.6. The van der Waals surface area contributed by atoms with Crippen molar-refractivity contribution in [1.82, 2.24) is 0 Å². The van der Waals surface area contributed by atoms with Crippen molar-refractivity contribution in [3.63, 3.8) is 0 Å². The topological polar surface area (TPSA) is 80.4 Å². The summed E-state index contributed by atoms with van der Waals surface area (Å²) in [6.45, 7) is 0. The zero-order valence-corrected chi connectivity index (χ0v) is 10.1. The van der Waals surface area contributed by atoms with Crippen molar-refractivity contribution in [3.8, 4) is 5.75 Å². The van der Waals surface area contributed by atoms with E-state index in [1.807, 2.05) is 0 Å². The first-order chi connectivity index (χ1) is 7.28. The van der Waals surface area contributed by atoms with Crippen molar-refractivity contribution in [3.05, 3.63) is 29.8 Å². The Bertz CT molecular complexity index is 377. The van der Waals surface area contributed by atoms with E-state index in [0.717, 1.165) is 0 Å². The molecule has 0 atom stereocenters. The maximum Gasteiger partial charge on any atom is 0.252 e. The fraction of sp³-hybridized carbons (Fsp3) is 0.111. The molecule has 1 aromatic carbocycles. The Hall–Kier alpha value is -0.970. The molecule has 0 bridgehead atoms. The third kappa shape index (κ3) is 6.50. The number of halogens is 3. The second kappa shape index (κ2) is 6.58. The standard InChI is InChI=1S/C7H7NO2.C2HCl3O/c8-7(10)5-3-1-2-4-6(5)9;3-2(4,5)1-6/h1-4,9H,(H2,8,10);1H. The van der Waals surface area contributed by atoms with Gasteiger partial charge < -0.3 is 10.8 Å². The number of para-hydroxylation sites is 1. The lowest BCUT2D eigenvalue weighted by atomic mass is 10.2. The molecule has 88 valence electrons. The zero-order valence-electron chi connectivity index (χ0n) is 7.86. The van der Waals surface area contributed by atoms with Crippen molar-refractivity contribution in [1.29, 1.82) is 0 Å². The number of hydrogen-bond acceptors (Lipinski definition) is 3. The van der Waals surface area contributed by atoms with Gasteiger partial charge in [0, 0.05) is 0 Å². The molecule has 0 aliphatic carbocycles. The third-order valence-corrected chi connectivity index (χ3v) is 1.57. The van der Waals surface area contributed by atoms with Gasteiger partial charge in [0.1, 0.15) is 5.75 Å². The molecule has 0 aliphatic heterocycles. The van der Waals surface area contributed by atoms with E-state index >= 15 is 0 Å². The number of amides is 1. The molecule has 1 aromatic rings. The minimum atomic E-state index is -1.72. The predicted molar refractivity (Wildman–Crippen MR) is 63.0 cm³/mol. The molecule has 0 saturated carbocycles. The average molecular weight is 285 g/mol. The second-order valence-electron chi connectivity index (χ2n) is 2.54. The number of aromatic hydroxyl groups is 1. The molecular weight excluding hydrogens is 276 g/mol. The van der Waals surface area contributed by atoms with Gasteiger partial charge in [0.2, 0.25) is 3.79 Å². The van der Waals surface area contributed by atoms with Gasteiger partial charge in [-0.1, -0.05) is 46.9 Å². The van der Waals surface area contributed by atoms with E-state index in [1.165, 1.54) is 12.1 Å². The summed E-state index contributed by atoms with van der Waals surface area (Å²) >= 11 is 14.6. The van der Waals surface area contributed by atoms with Crippen LogP contribution >= 0.6 is 34.8 Å². The molecule has 1 amide bonds. The number of phenols is 1. The fourth-order valence-electron chi connectivity index (χ4n) is 0.682. The molecule has 0 aromatic heterocycles. The monoisotopic (exact) mass is 283 g/mol. The van der Waals surface area contributed by atoms with Gasteiger partial charge in [-0.3, -0.25) is 9.59 Å². The van der Waals surface area contributed by atoms with Crippen molar-refractivity contribution in [2.24, 2.45) is 5.73 Å². The van der Waals surface area contributed by atoms with Crippen LogP contribution in [-0.2, 0) is 4.79 Å². The Morgan fingerprint density at radius 1 is 1.31 bits per heavy atom. The van der Waals surface area contributed by atoms with Gasteiger partial charge in [0.25, 0.3) is 5.91 Å². The van der Waals surface area contributed by atoms with Crippen LogP contribution in [0, 0.1) is 0 Å². The summed E-state index contributed by atoms with van der Waals surface area (Å²) in [5.41, 5.74) is 5.07. The number of rotatable bonds is 1. The minimum Gasteiger partial charge on any atom is -0.507 e. The third-order valence-electron chi connectivity index (χ3n) is 1.30. The molecule has 4 nitrogen and oxygen atoms in total. The number of hydrogen-bond donors (Lipinski definition) is 2. The molecule has 16 heavy (non-hydrogen) atoms. The van der Waals surface area contributed by atoms with Gasteiger partial charge in [-0.05, 0) is 12.1 Å². The lowest BCUT2D eigenvalue weighted by molar-refractivity contribution is -0.107. The highest BCUT2D eigenvalue weighted by Crippen LogP contribution is 2.21. The number of benzene rings is 1. The van der Waals surface area contributed by atoms with Crippen LogP contribution in [0.4, 0.5) is 0 Å². The van der Waals surface area contributed by atoms with E-state index in [9.17, 15) is 9.59 Å². The number of aldehydes is 1. The number of carbonyl (C=O) groups is 2. The molecule has 0 aliphatic rings. The van der Waals surface area contributed by atoms with Gasteiger partial charge >= 0.3 is 0 Å². The first kappa shape index (κ1) is 15.0. The first-order valence-corrected chi connectivity index (χ1v) is 5.02. The highest BCUT2D eigenvalue weighted by molar-refractivity contribution is 6.74. The zero-order chi connectivity index (χ0) is 12.8. The maximum absolute atomic E-state index is 10.5. The molecule has 1 rings (SSSR count). The van der Waals surface area contributed by atoms with E-state index in [1.54, 1.807) is 12.1 Å². The van der Waals surface area contributed by atoms with Crippen LogP contribution in [0.25, 0.3) is 0 Å². The molecule has 3 N–H and O–H groups in total. The number of primary amides is 1. The van der Waals surface area contributed by atoms with E-state index < -0.39 is 9.70 Å². The molecule has 7 heteroatoms. The Morgan fingerprint density at radius 3 is 2.00 bits per heavy atom. The van der Waals surface area contributed by atoms with Gasteiger partial charge in [-0.25, -0.2) is 0 Å². The largest absolute Gasteiger partial charge is 0.507 e. The maximum atomic E-state index is 10.5. The van der Waals surface area contributed by atoms with Crippen molar-refractivity contribution in [2.75, 3.05) is 0 Å². The summed E-state index contributed by atoms with van der Waals surface area (Å²) in [5.74, 6) is -0.687. The SMILES string of the molecule is NC(=O)c1ccccc1O.O=CC(Cl)(Cl)Cl. The summed E-state index contributed by atoms with van der Waals surface area (Å²) in [6, 6.07) is 6.15. The lowest BCUT2D eigenvalue weighted by Crippen LogP contribution is -2.10. The van der Waals surface area contributed by atoms with Gasteiger partial charge in [-0.15, -0.1) is 0 Å². The molecular formula is C9H8Cl3NO3.